The van der Waals surface area contributed by atoms with Crippen LogP contribution in [0.3, 0.4) is 0 Å². The summed E-state index contributed by atoms with van der Waals surface area (Å²) < 4.78 is 0. The third kappa shape index (κ3) is 7.54. The van der Waals surface area contributed by atoms with E-state index >= 15 is 0 Å². The number of thioether (sulfide) groups is 1. The van der Waals surface area contributed by atoms with Crippen LogP contribution in [-0.2, 0) is 4.79 Å². The van der Waals surface area contributed by atoms with Crippen molar-refractivity contribution in [1.82, 2.24) is 4.90 Å². The Hall–Kier alpha value is -2.33. The van der Waals surface area contributed by atoms with E-state index in [0.717, 1.165) is 11.3 Å². The third-order valence-electron chi connectivity index (χ3n) is 3.89. The van der Waals surface area contributed by atoms with Gasteiger partial charge in [-0.25, -0.2) is 0 Å². The van der Waals surface area contributed by atoms with E-state index in [9.17, 15) is 4.79 Å². The first-order chi connectivity index (χ1) is 14.1. The molecular formula is C25H36N2OS. The fourth-order valence-corrected chi connectivity index (χ4v) is 3.28. The zero-order chi connectivity index (χ0) is 22.2. The van der Waals surface area contributed by atoms with Crippen molar-refractivity contribution in [2.24, 2.45) is 10.9 Å². The zero-order valence-corrected chi connectivity index (χ0v) is 19.7. The van der Waals surface area contributed by atoms with Gasteiger partial charge in [0.05, 0.1) is 5.92 Å². The predicted molar refractivity (Wildman–Crippen MR) is 131 cm³/mol. The van der Waals surface area contributed by atoms with Crippen molar-refractivity contribution < 1.29 is 4.79 Å². The van der Waals surface area contributed by atoms with Gasteiger partial charge in [0.15, 0.2) is 0 Å². The van der Waals surface area contributed by atoms with E-state index in [1.807, 2.05) is 109 Å². The zero-order valence-electron chi connectivity index (χ0n) is 18.9. The molecule has 0 fully saturated rings. The van der Waals surface area contributed by atoms with Crippen molar-refractivity contribution in [1.29, 1.82) is 0 Å². The number of amidine groups is 1. The molecule has 2 rings (SSSR count). The summed E-state index contributed by atoms with van der Waals surface area (Å²) in [5.41, 5.74) is 1.75. The second kappa shape index (κ2) is 15.6. The Balaban J connectivity index is 0.00000184. The van der Waals surface area contributed by atoms with Crippen LogP contribution in [0.4, 0.5) is 0 Å². The lowest BCUT2D eigenvalue weighted by Gasteiger charge is -2.35. The molecule has 29 heavy (non-hydrogen) atoms. The summed E-state index contributed by atoms with van der Waals surface area (Å²) in [6, 6.07) is 9.83. The van der Waals surface area contributed by atoms with E-state index in [1.54, 1.807) is 10.3 Å². The molecule has 1 heterocycles. The van der Waals surface area contributed by atoms with Gasteiger partial charge in [0, 0.05) is 11.3 Å². The van der Waals surface area contributed by atoms with Crippen molar-refractivity contribution >= 4 is 23.5 Å². The van der Waals surface area contributed by atoms with Crippen LogP contribution >= 0.6 is 11.8 Å². The number of carbonyl (C=O) groups excluding carboxylic acids is 1. The van der Waals surface area contributed by atoms with Gasteiger partial charge in [0.2, 0.25) is 5.91 Å². The Labute approximate surface area is 182 Å². The van der Waals surface area contributed by atoms with E-state index < -0.39 is 0 Å². The molecule has 1 aliphatic heterocycles. The Morgan fingerprint density at radius 1 is 1.10 bits per heavy atom. The van der Waals surface area contributed by atoms with Gasteiger partial charge in [-0.1, -0.05) is 95.8 Å². The van der Waals surface area contributed by atoms with Gasteiger partial charge in [-0.05, 0) is 25.3 Å². The normalized spacial score (nSPS) is 19.3. The molecule has 158 valence electrons. The highest BCUT2D eigenvalue weighted by atomic mass is 32.2. The van der Waals surface area contributed by atoms with Crippen LogP contribution in [0.2, 0.25) is 0 Å². The molecule has 0 aliphatic carbocycles. The SMILES string of the molecule is C=CSC1N=C(c2ccccc2)N(C(/C=C\C=C/C)=C/C)C(=O)C1C.CC.CC. The van der Waals surface area contributed by atoms with Gasteiger partial charge in [0.25, 0.3) is 0 Å². The van der Waals surface area contributed by atoms with E-state index in [0.29, 0.717) is 5.84 Å². The second-order valence-electron chi connectivity index (χ2n) is 5.57. The summed E-state index contributed by atoms with van der Waals surface area (Å²) in [5.74, 6) is 0.508. The molecule has 0 spiro atoms. The fourth-order valence-electron chi connectivity index (χ4n) is 2.57. The smallest absolute Gasteiger partial charge is 0.238 e. The predicted octanol–water partition coefficient (Wildman–Crippen LogP) is 7.20. The molecule has 0 radical (unpaired) electrons. The molecule has 0 aromatic heterocycles. The Bertz CT molecular complexity index is 732. The first-order valence-electron chi connectivity index (χ1n) is 10.3. The summed E-state index contributed by atoms with van der Waals surface area (Å²) in [6.07, 6.45) is 9.69. The van der Waals surface area contributed by atoms with Gasteiger partial charge in [0.1, 0.15) is 11.2 Å². The van der Waals surface area contributed by atoms with E-state index in [1.165, 1.54) is 11.8 Å². The molecule has 2 unspecified atom stereocenters. The van der Waals surface area contributed by atoms with Crippen LogP contribution < -0.4 is 0 Å². The summed E-state index contributed by atoms with van der Waals surface area (Å²) in [5, 5.41) is 1.59. The van der Waals surface area contributed by atoms with Crippen LogP contribution in [0, 0.1) is 5.92 Å². The van der Waals surface area contributed by atoms with Gasteiger partial charge >= 0.3 is 0 Å². The largest absolute Gasteiger partial charge is 0.274 e. The number of benzene rings is 1. The number of nitrogens with zero attached hydrogens (tertiary/aromatic N) is 2. The van der Waals surface area contributed by atoms with Crippen molar-refractivity contribution in [3.8, 4) is 0 Å². The first kappa shape index (κ1) is 26.7. The molecule has 0 bridgehead atoms. The maximum Gasteiger partial charge on any atom is 0.238 e. The number of rotatable bonds is 6. The van der Waals surface area contributed by atoms with Gasteiger partial charge < -0.3 is 0 Å². The van der Waals surface area contributed by atoms with Crippen molar-refractivity contribution in [2.45, 2.75) is 53.8 Å². The van der Waals surface area contributed by atoms with Crippen molar-refractivity contribution in [3.05, 3.63) is 84.0 Å². The topological polar surface area (TPSA) is 32.7 Å². The van der Waals surface area contributed by atoms with Crippen LogP contribution in [0.15, 0.2) is 83.4 Å². The number of amides is 1. The quantitative estimate of drug-likeness (QED) is 0.463. The Kier molecular flexibility index (Phi) is 14.3. The molecule has 1 aliphatic rings. The van der Waals surface area contributed by atoms with E-state index in [2.05, 4.69) is 6.58 Å². The summed E-state index contributed by atoms with van der Waals surface area (Å²) >= 11 is 1.49. The summed E-state index contributed by atoms with van der Waals surface area (Å²) in [6.45, 7) is 17.6. The number of carbonyl (C=O) groups is 1. The molecule has 2 atom stereocenters. The molecule has 0 saturated carbocycles. The monoisotopic (exact) mass is 412 g/mol. The summed E-state index contributed by atoms with van der Waals surface area (Å²) in [7, 11) is 0. The number of hydrogen-bond acceptors (Lipinski definition) is 3. The van der Waals surface area contributed by atoms with Crippen LogP contribution in [0.25, 0.3) is 0 Å². The number of hydrogen-bond donors (Lipinski definition) is 0. The van der Waals surface area contributed by atoms with Crippen molar-refractivity contribution in [2.75, 3.05) is 0 Å². The molecule has 3 nitrogen and oxygen atoms in total. The standard InChI is InChI=1S/C21H24N2OS.2C2H6/c1-5-8-10-15-18(6-2)23-19(17-13-11-9-12-14-17)22-20(25-7-3)16(4)21(23)24;2*1-2/h5-16,20H,3H2,1-2,4H3;2*1-2H3/b8-5-,15-10-,18-6+;;. The molecule has 1 aromatic carbocycles. The van der Waals surface area contributed by atoms with E-state index in [-0.39, 0.29) is 17.2 Å². The maximum absolute atomic E-state index is 13.1. The second-order valence-corrected chi connectivity index (χ2v) is 6.66. The molecule has 1 aromatic rings. The average molecular weight is 413 g/mol. The highest BCUT2D eigenvalue weighted by Gasteiger charge is 2.37. The third-order valence-corrected chi connectivity index (χ3v) is 4.88. The average Bonchev–Trinajstić information content (AvgIpc) is 2.78. The first-order valence-corrected chi connectivity index (χ1v) is 11.3. The minimum absolute atomic E-state index is 0.0476. The van der Waals surface area contributed by atoms with Gasteiger partial charge in [-0.3, -0.25) is 14.7 Å². The van der Waals surface area contributed by atoms with Crippen LogP contribution in [-0.4, -0.2) is 22.0 Å². The van der Waals surface area contributed by atoms with Gasteiger partial charge in [-0.2, -0.15) is 0 Å². The molecule has 4 heteroatoms. The molecule has 0 N–H and O–H groups in total. The lowest BCUT2D eigenvalue weighted by Crippen LogP contribution is -2.46. The minimum Gasteiger partial charge on any atom is -0.274 e. The highest BCUT2D eigenvalue weighted by molar-refractivity contribution is 8.02. The Morgan fingerprint density at radius 3 is 2.24 bits per heavy atom. The number of aliphatic imine (C=N–C) groups is 1. The number of allylic oxidation sites excluding steroid dienone is 5. The van der Waals surface area contributed by atoms with Crippen molar-refractivity contribution in [3.63, 3.8) is 0 Å². The molecule has 1 amide bonds. The van der Waals surface area contributed by atoms with Gasteiger partial charge in [-0.15, -0.1) is 11.8 Å². The lowest BCUT2D eigenvalue weighted by molar-refractivity contribution is -0.130. The van der Waals surface area contributed by atoms with E-state index in [4.69, 9.17) is 4.99 Å². The maximum atomic E-state index is 13.1. The molecular weight excluding hydrogens is 376 g/mol. The fraction of sp³-hybridized carbons (Fsp3) is 0.360. The lowest BCUT2D eigenvalue weighted by atomic mass is 10.0. The minimum atomic E-state index is -0.222. The van der Waals surface area contributed by atoms with Crippen LogP contribution in [0.5, 0.6) is 0 Å². The Morgan fingerprint density at radius 2 is 1.72 bits per heavy atom. The molecule has 0 saturated heterocycles. The summed E-state index contributed by atoms with van der Waals surface area (Å²) in [4.78, 5) is 19.7. The van der Waals surface area contributed by atoms with Crippen LogP contribution in [0.1, 0.15) is 54.0 Å². The highest BCUT2D eigenvalue weighted by Crippen LogP contribution is 2.31.